The van der Waals surface area contributed by atoms with Gasteiger partial charge < -0.3 is 5.32 Å². The summed E-state index contributed by atoms with van der Waals surface area (Å²) in [6.07, 6.45) is 0.973. The van der Waals surface area contributed by atoms with Gasteiger partial charge >= 0.3 is 0 Å². The molecule has 2 atom stereocenters. The zero-order valence-corrected chi connectivity index (χ0v) is 9.33. The molecule has 1 aliphatic carbocycles. The van der Waals surface area contributed by atoms with Crippen LogP contribution < -0.4 is 5.32 Å². The topological polar surface area (TPSA) is 29.1 Å². The summed E-state index contributed by atoms with van der Waals surface area (Å²) in [5.41, 5.74) is 1.15. The number of alkyl halides is 1. The van der Waals surface area contributed by atoms with Gasteiger partial charge in [-0.2, -0.15) is 0 Å². The van der Waals surface area contributed by atoms with Crippen molar-refractivity contribution in [2.24, 2.45) is 5.92 Å². The van der Waals surface area contributed by atoms with Crippen molar-refractivity contribution < 1.29 is 4.79 Å². The highest BCUT2D eigenvalue weighted by molar-refractivity contribution is 9.09. The first-order chi connectivity index (χ1) is 6.77. The molecule has 0 aliphatic heterocycles. The van der Waals surface area contributed by atoms with E-state index >= 15 is 0 Å². The fourth-order valence-electron chi connectivity index (χ4n) is 1.35. The number of hydrogen-bond acceptors (Lipinski definition) is 1. The van der Waals surface area contributed by atoms with Crippen LogP contribution >= 0.6 is 15.9 Å². The van der Waals surface area contributed by atoms with E-state index in [2.05, 4.69) is 21.2 Å². The number of carbonyl (C=O) groups excluding carboxylic acids is 1. The maximum absolute atomic E-state index is 11.4. The van der Waals surface area contributed by atoms with E-state index in [-0.39, 0.29) is 11.8 Å². The van der Waals surface area contributed by atoms with Crippen LogP contribution in [0, 0.1) is 5.92 Å². The van der Waals surface area contributed by atoms with Gasteiger partial charge in [-0.05, 0) is 12.0 Å². The van der Waals surface area contributed by atoms with Gasteiger partial charge in [-0.3, -0.25) is 4.79 Å². The number of amides is 1. The second kappa shape index (κ2) is 4.13. The normalized spacial score (nSPS) is 24.4. The molecular formula is C11H12BrNO. The second-order valence-corrected chi connectivity index (χ2v) is 4.74. The monoisotopic (exact) mass is 253 g/mol. The molecule has 1 aliphatic rings. The molecule has 0 spiro atoms. The Balaban J connectivity index is 1.80. The van der Waals surface area contributed by atoms with Crippen molar-refractivity contribution in [1.82, 2.24) is 5.32 Å². The first-order valence-electron chi connectivity index (χ1n) is 4.73. The molecule has 2 rings (SSSR count). The molecule has 14 heavy (non-hydrogen) atoms. The van der Waals surface area contributed by atoms with E-state index in [4.69, 9.17) is 0 Å². The third-order valence-electron chi connectivity index (χ3n) is 2.36. The van der Waals surface area contributed by atoms with Crippen LogP contribution in [0.15, 0.2) is 30.3 Å². The van der Waals surface area contributed by atoms with E-state index in [9.17, 15) is 4.79 Å². The van der Waals surface area contributed by atoms with Gasteiger partial charge in [0.15, 0.2) is 0 Å². The van der Waals surface area contributed by atoms with Crippen molar-refractivity contribution in [2.75, 3.05) is 0 Å². The molecule has 2 unspecified atom stereocenters. The van der Waals surface area contributed by atoms with Gasteiger partial charge in [-0.25, -0.2) is 0 Å². The molecule has 1 fully saturated rings. The van der Waals surface area contributed by atoms with Gasteiger partial charge in [0.2, 0.25) is 5.91 Å². The third-order valence-corrected chi connectivity index (χ3v) is 3.37. The molecule has 3 heteroatoms. The minimum Gasteiger partial charge on any atom is -0.352 e. The van der Waals surface area contributed by atoms with Crippen molar-refractivity contribution in [3.8, 4) is 0 Å². The highest BCUT2D eigenvalue weighted by atomic mass is 79.9. The molecule has 0 bridgehead atoms. The molecule has 0 saturated heterocycles. The molecule has 0 heterocycles. The number of carbonyl (C=O) groups is 1. The van der Waals surface area contributed by atoms with E-state index in [1.165, 1.54) is 0 Å². The van der Waals surface area contributed by atoms with Crippen molar-refractivity contribution in [1.29, 1.82) is 0 Å². The molecule has 0 radical (unpaired) electrons. The van der Waals surface area contributed by atoms with Crippen LogP contribution in [-0.4, -0.2) is 10.7 Å². The van der Waals surface area contributed by atoms with Gasteiger partial charge in [-0.1, -0.05) is 46.3 Å². The maximum Gasteiger partial charge on any atom is 0.224 e. The Hall–Kier alpha value is -0.830. The summed E-state index contributed by atoms with van der Waals surface area (Å²) in [6, 6.07) is 9.95. The lowest BCUT2D eigenvalue weighted by Crippen LogP contribution is -2.24. The van der Waals surface area contributed by atoms with Crippen molar-refractivity contribution >= 4 is 21.8 Å². The van der Waals surface area contributed by atoms with Crippen LogP contribution in [0.1, 0.15) is 12.0 Å². The van der Waals surface area contributed by atoms with Crippen LogP contribution in [0.5, 0.6) is 0 Å². The van der Waals surface area contributed by atoms with Crippen LogP contribution in [0.4, 0.5) is 0 Å². The lowest BCUT2D eigenvalue weighted by Gasteiger charge is -2.03. The summed E-state index contributed by atoms with van der Waals surface area (Å²) in [4.78, 5) is 11.8. The molecule has 1 aromatic carbocycles. The summed E-state index contributed by atoms with van der Waals surface area (Å²) < 4.78 is 0. The lowest BCUT2D eigenvalue weighted by molar-refractivity contribution is -0.122. The molecule has 1 amide bonds. The van der Waals surface area contributed by atoms with Gasteiger partial charge in [0.1, 0.15) is 0 Å². The standard InChI is InChI=1S/C11H12BrNO/c12-10-6-9(10)11(14)13-7-8-4-2-1-3-5-8/h1-5,9-10H,6-7H2,(H,13,14). The van der Waals surface area contributed by atoms with Gasteiger partial charge in [0.25, 0.3) is 0 Å². The van der Waals surface area contributed by atoms with Crippen LogP contribution in [0.3, 0.4) is 0 Å². The smallest absolute Gasteiger partial charge is 0.224 e. The van der Waals surface area contributed by atoms with Crippen molar-refractivity contribution in [3.63, 3.8) is 0 Å². The summed E-state index contributed by atoms with van der Waals surface area (Å²) in [6.45, 7) is 0.635. The summed E-state index contributed by atoms with van der Waals surface area (Å²) in [5.74, 6) is 0.356. The highest BCUT2D eigenvalue weighted by Gasteiger charge is 2.40. The Morgan fingerprint density at radius 1 is 1.43 bits per heavy atom. The van der Waals surface area contributed by atoms with E-state index in [0.717, 1.165) is 12.0 Å². The number of benzene rings is 1. The fraction of sp³-hybridized carbons (Fsp3) is 0.364. The van der Waals surface area contributed by atoms with Gasteiger partial charge in [0, 0.05) is 11.4 Å². The van der Waals surface area contributed by atoms with Crippen LogP contribution in [0.25, 0.3) is 0 Å². The fourth-order valence-corrected chi connectivity index (χ4v) is 1.99. The summed E-state index contributed by atoms with van der Waals surface area (Å²) in [5, 5.41) is 2.92. The molecule has 2 nitrogen and oxygen atoms in total. The quantitative estimate of drug-likeness (QED) is 0.822. The Labute approximate surface area is 91.8 Å². The Morgan fingerprint density at radius 3 is 2.64 bits per heavy atom. The lowest BCUT2D eigenvalue weighted by atomic mass is 10.2. The predicted octanol–water partition coefficient (Wildman–Crippen LogP) is 2.09. The molecule has 1 saturated carbocycles. The van der Waals surface area contributed by atoms with Gasteiger partial charge in [-0.15, -0.1) is 0 Å². The van der Waals surface area contributed by atoms with E-state index < -0.39 is 0 Å². The largest absolute Gasteiger partial charge is 0.352 e. The number of rotatable bonds is 3. The SMILES string of the molecule is O=C(NCc1ccccc1)C1CC1Br. The van der Waals surface area contributed by atoms with Crippen molar-refractivity contribution in [3.05, 3.63) is 35.9 Å². The average Bonchev–Trinajstić information content (AvgIpc) is 2.94. The predicted molar refractivity (Wildman–Crippen MR) is 59.1 cm³/mol. The van der Waals surface area contributed by atoms with E-state index in [0.29, 0.717) is 11.4 Å². The first kappa shape index (κ1) is 9.71. The molecule has 74 valence electrons. The number of halogens is 1. The first-order valence-corrected chi connectivity index (χ1v) is 5.64. The van der Waals surface area contributed by atoms with E-state index in [1.54, 1.807) is 0 Å². The Bertz CT molecular complexity index is 325. The average molecular weight is 254 g/mol. The highest BCUT2D eigenvalue weighted by Crippen LogP contribution is 2.37. The van der Waals surface area contributed by atoms with Crippen molar-refractivity contribution in [2.45, 2.75) is 17.8 Å². The zero-order chi connectivity index (χ0) is 9.97. The molecule has 1 aromatic rings. The van der Waals surface area contributed by atoms with Gasteiger partial charge in [0.05, 0.1) is 5.92 Å². The van der Waals surface area contributed by atoms with Crippen LogP contribution in [-0.2, 0) is 11.3 Å². The zero-order valence-electron chi connectivity index (χ0n) is 7.74. The Kier molecular flexibility index (Phi) is 2.87. The third kappa shape index (κ3) is 2.35. The number of hydrogen-bond donors (Lipinski definition) is 1. The minimum atomic E-state index is 0.163. The number of nitrogens with one attached hydrogen (secondary N) is 1. The maximum atomic E-state index is 11.4. The molecular weight excluding hydrogens is 242 g/mol. The summed E-state index contributed by atoms with van der Waals surface area (Å²) in [7, 11) is 0. The molecule has 0 aromatic heterocycles. The summed E-state index contributed by atoms with van der Waals surface area (Å²) >= 11 is 3.41. The molecule has 1 N–H and O–H groups in total. The Morgan fingerprint density at radius 2 is 2.07 bits per heavy atom. The van der Waals surface area contributed by atoms with Crippen LogP contribution in [0.2, 0.25) is 0 Å². The second-order valence-electron chi connectivity index (χ2n) is 3.56. The minimum absolute atomic E-state index is 0.163. The van der Waals surface area contributed by atoms with E-state index in [1.807, 2.05) is 30.3 Å².